The molecule has 0 aliphatic carbocycles. The highest BCUT2D eigenvalue weighted by molar-refractivity contribution is 6.13. The summed E-state index contributed by atoms with van der Waals surface area (Å²) in [6, 6.07) is 57.2. The molecular formula is C58H41N5. The van der Waals surface area contributed by atoms with Crippen LogP contribution in [0.25, 0.3) is 89.1 Å². The van der Waals surface area contributed by atoms with Gasteiger partial charge in [0.1, 0.15) is 0 Å². The second kappa shape index (κ2) is 15.8. The van der Waals surface area contributed by atoms with Crippen LogP contribution in [-0.2, 0) is 0 Å². The van der Waals surface area contributed by atoms with Crippen LogP contribution in [0.4, 0.5) is 0 Å². The van der Waals surface area contributed by atoms with Crippen molar-refractivity contribution in [3.63, 3.8) is 0 Å². The molecule has 0 aliphatic rings. The van der Waals surface area contributed by atoms with Gasteiger partial charge in [-0.05, 0) is 121 Å². The summed E-state index contributed by atoms with van der Waals surface area (Å²) in [5.74, 6) is 0. The zero-order valence-corrected chi connectivity index (χ0v) is 35.0. The Bertz CT molecular complexity index is 3690. The first-order chi connectivity index (χ1) is 30.8. The van der Waals surface area contributed by atoms with Crippen molar-refractivity contribution in [3.8, 4) is 17.8 Å². The van der Waals surface area contributed by atoms with Gasteiger partial charge in [0.2, 0.25) is 0 Å². The molecule has 0 aliphatic heterocycles. The molecule has 3 aromatic heterocycles. The van der Waals surface area contributed by atoms with Crippen molar-refractivity contribution >= 4 is 83.4 Å². The van der Waals surface area contributed by atoms with E-state index in [4.69, 9.17) is 0 Å². The van der Waals surface area contributed by atoms with Crippen molar-refractivity contribution in [3.05, 3.63) is 228 Å². The Kier molecular flexibility index (Phi) is 9.64. The third-order valence-corrected chi connectivity index (χ3v) is 12.2. The number of nitriles is 2. The molecule has 0 bridgehead atoms. The largest absolute Gasteiger partial charge is 0.316 e. The minimum atomic E-state index is 0.397. The van der Waals surface area contributed by atoms with Crippen LogP contribution < -0.4 is 0 Å². The molecule has 0 saturated heterocycles. The zero-order chi connectivity index (χ0) is 43.2. The SMILES string of the molecule is C=C(/C=C(\C=C\c1c(C)cccc1C)n1c2ccccc2c2ccc(C#N)cc21)C(=C)/C(C#N)=C\C=C\n1c2ccccc2c2cc(-n3c4ccccc4c4ccccc43)ccc21. The van der Waals surface area contributed by atoms with E-state index in [0.717, 1.165) is 71.7 Å². The fraction of sp³-hybridized carbons (Fsp3) is 0.0345. The molecule has 3 heterocycles. The summed E-state index contributed by atoms with van der Waals surface area (Å²) in [7, 11) is 0. The highest BCUT2D eigenvalue weighted by Crippen LogP contribution is 2.37. The lowest BCUT2D eigenvalue weighted by atomic mass is 9.99. The summed E-state index contributed by atoms with van der Waals surface area (Å²) in [4.78, 5) is 0. The van der Waals surface area contributed by atoms with Crippen LogP contribution in [0.15, 0.2) is 206 Å². The molecule has 0 radical (unpaired) electrons. The minimum Gasteiger partial charge on any atom is -0.316 e. The smallest absolute Gasteiger partial charge is 0.0997 e. The summed E-state index contributed by atoms with van der Waals surface area (Å²) < 4.78 is 6.69. The molecule has 298 valence electrons. The standard InChI is InChI=1S/C58H41N5/c1-38-15-13-16-39(2)46(38)30-27-44(63-57-25-12-8-20-49(57)51-29-26-42(36-59)34-58(51)63)33-40(3)41(4)43(37-60)17-14-32-61-53-22-9-5-21-50(53)52-35-45(28-31-54(52)61)62-55-23-10-6-18-47(55)48-19-7-11-24-56(48)62/h5-35H,3-4H2,1-2H3/b30-27+,32-14+,43-17-,44-33+. The fourth-order valence-electron chi connectivity index (χ4n) is 9.13. The third kappa shape index (κ3) is 6.57. The van der Waals surface area contributed by atoms with Crippen LogP contribution in [0.2, 0.25) is 0 Å². The van der Waals surface area contributed by atoms with E-state index in [1.165, 1.54) is 21.8 Å². The summed E-state index contributed by atoms with van der Waals surface area (Å²) in [6.07, 6.45) is 11.9. The fourth-order valence-corrected chi connectivity index (χ4v) is 9.13. The van der Waals surface area contributed by atoms with Gasteiger partial charge in [-0.1, -0.05) is 116 Å². The molecule has 0 fully saturated rings. The van der Waals surface area contributed by atoms with Crippen molar-refractivity contribution in [2.75, 3.05) is 0 Å². The summed E-state index contributed by atoms with van der Waals surface area (Å²) >= 11 is 0. The maximum atomic E-state index is 10.6. The number of aromatic nitrogens is 3. The Labute approximate surface area is 365 Å². The minimum absolute atomic E-state index is 0.397. The zero-order valence-electron chi connectivity index (χ0n) is 35.0. The van der Waals surface area contributed by atoms with E-state index in [1.54, 1.807) is 6.08 Å². The molecule has 0 unspecified atom stereocenters. The van der Waals surface area contributed by atoms with Crippen LogP contribution in [0.3, 0.4) is 0 Å². The maximum Gasteiger partial charge on any atom is 0.0997 e. The summed E-state index contributed by atoms with van der Waals surface area (Å²) in [5.41, 5.74) is 13.8. The van der Waals surface area contributed by atoms with E-state index >= 15 is 0 Å². The highest BCUT2D eigenvalue weighted by atomic mass is 15.0. The molecule has 0 amide bonds. The average Bonchev–Trinajstić information content (AvgIpc) is 3.94. The second-order valence-electron chi connectivity index (χ2n) is 15.9. The van der Waals surface area contributed by atoms with Gasteiger partial charge in [-0.25, -0.2) is 0 Å². The monoisotopic (exact) mass is 807 g/mol. The van der Waals surface area contributed by atoms with Crippen LogP contribution in [-0.4, -0.2) is 13.7 Å². The normalized spacial score (nSPS) is 12.4. The lowest BCUT2D eigenvalue weighted by Crippen LogP contribution is -1.98. The van der Waals surface area contributed by atoms with Crippen molar-refractivity contribution in [1.82, 2.24) is 13.7 Å². The molecular weight excluding hydrogens is 767 g/mol. The first-order valence-corrected chi connectivity index (χ1v) is 20.9. The lowest BCUT2D eigenvalue weighted by Gasteiger charge is -2.13. The first-order valence-electron chi connectivity index (χ1n) is 20.9. The van der Waals surface area contributed by atoms with Gasteiger partial charge in [-0.15, -0.1) is 0 Å². The second-order valence-corrected chi connectivity index (χ2v) is 15.9. The van der Waals surface area contributed by atoms with E-state index in [1.807, 2.05) is 48.7 Å². The number of benzene rings is 7. The molecule has 0 atom stereocenters. The molecule has 0 spiro atoms. The number of hydrogen-bond donors (Lipinski definition) is 0. The van der Waals surface area contributed by atoms with Crippen LogP contribution in [0.5, 0.6) is 0 Å². The number of fused-ring (bicyclic) bond motifs is 9. The Balaban J connectivity index is 1.04. The van der Waals surface area contributed by atoms with Crippen LogP contribution in [0, 0.1) is 36.5 Å². The maximum absolute atomic E-state index is 10.6. The Morgan fingerprint density at radius 1 is 0.571 bits per heavy atom. The van der Waals surface area contributed by atoms with Gasteiger partial charge < -0.3 is 13.7 Å². The Morgan fingerprint density at radius 2 is 1.14 bits per heavy atom. The number of para-hydroxylation sites is 4. The molecule has 5 nitrogen and oxygen atoms in total. The van der Waals surface area contributed by atoms with Gasteiger partial charge >= 0.3 is 0 Å². The van der Waals surface area contributed by atoms with E-state index in [9.17, 15) is 10.5 Å². The van der Waals surface area contributed by atoms with Crippen molar-refractivity contribution in [2.45, 2.75) is 13.8 Å². The molecule has 10 rings (SSSR count). The molecule has 0 saturated carbocycles. The lowest BCUT2D eigenvalue weighted by molar-refractivity contribution is 1.18. The van der Waals surface area contributed by atoms with Gasteiger partial charge in [-0.2, -0.15) is 10.5 Å². The van der Waals surface area contributed by atoms with Crippen LogP contribution >= 0.6 is 0 Å². The van der Waals surface area contributed by atoms with E-state index in [2.05, 4.69) is 186 Å². The number of nitrogens with zero attached hydrogens (tertiary/aromatic N) is 5. The van der Waals surface area contributed by atoms with Gasteiger partial charge in [0.25, 0.3) is 0 Å². The number of aryl methyl sites for hydroxylation is 2. The van der Waals surface area contributed by atoms with Gasteiger partial charge in [0.05, 0.1) is 56.4 Å². The Hall–Kier alpha value is -8.64. The number of rotatable bonds is 9. The molecule has 0 N–H and O–H groups in total. The molecule has 10 aromatic rings. The van der Waals surface area contributed by atoms with E-state index in [-0.39, 0.29) is 0 Å². The summed E-state index contributed by atoms with van der Waals surface area (Å²) in [6.45, 7) is 13.1. The molecule has 5 heteroatoms. The van der Waals surface area contributed by atoms with Crippen molar-refractivity contribution in [2.24, 2.45) is 0 Å². The topological polar surface area (TPSA) is 62.4 Å². The Morgan fingerprint density at radius 3 is 1.79 bits per heavy atom. The van der Waals surface area contributed by atoms with Gasteiger partial charge in [-0.3, -0.25) is 0 Å². The van der Waals surface area contributed by atoms with Gasteiger partial charge in [0.15, 0.2) is 0 Å². The van der Waals surface area contributed by atoms with Crippen molar-refractivity contribution < 1.29 is 0 Å². The first kappa shape index (κ1) is 38.6. The highest BCUT2D eigenvalue weighted by Gasteiger charge is 2.17. The van der Waals surface area contributed by atoms with Crippen molar-refractivity contribution in [1.29, 1.82) is 10.5 Å². The van der Waals surface area contributed by atoms with E-state index in [0.29, 0.717) is 22.3 Å². The molecule has 63 heavy (non-hydrogen) atoms. The number of allylic oxidation sites excluding steroid dienone is 8. The van der Waals surface area contributed by atoms with Crippen LogP contribution in [0.1, 0.15) is 22.3 Å². The average molecular weight is 808 g/mol. The van der Waals surface area contributed by atoms with E-state index < -0.39 is 0 Å². The molecule has 7 aromatic carbocycles. The quantitative estimate of drug-likeness (QED) is 0.108. The third-order valence-electron chi connectivity index (χ3n) is 12.2. The predicted octanol–water partition coefficient (Wildman–Crippen LogP) is 14.8. The number of hydrogen-bond acceptors (Lipinski definition) is 2. The summed E-state index contributed by atoms with van der Waals surface area (Å²) in [5, 5.41) is 27.3. The van der Waals surface area contributed by atoms with Gasteiger partial charge in [0, 0.05) is 49.9 Å². The predicted molar refractivity (Wildman–Crippen MR) is 264 cm³/mol.